The topological polar surface area (TPSA) is 0 Å². The average molecular weight is 434 g/mol. The van der Waals surface area contributed by atoms with E-state index in [1.54, 1.807) is 5.56 Å². The van der Waals surface area contributed by atoms with Gasteiger partial charge in [-0.1, -0.05) is 33.6 Å². The fourth-order valence-electron chi connectivity index (χ4n) is 1.53. The van der Waals surface area contributed by atoms with Crippen LogP contribution >= 0.6 is 56.5 Å². The lowest BCUT2D eigenvalue weighted by Crippen LogP contribution is -2.17. The molecule has 1 aromatic rings. The summed E-state index contributed by atoms with van der Waals surface area (Å²) in [4.78, 5) is 0. The standard InChI is InChI=1S/C11H16I2S/c1-4-5-6-11(2,3)8-7-14-10(13)9(8)12/h7H,4-6H2,1-3H3. The fraction of sp³-hybridized carbons (Fsp3) is 0.636. The highest BCUT2D eigenvalue weighted by Crippen LogP contribution is 2.37. The predicted molar refractivity (Wildman–Crippen MR) is 82.3 cm³/mol. The molecule has 0 saturated carbocycles. The second-order valence-corrected chi connectivity index (χ2v) is 7.99. The largest absolute Gasteiger partial charge is 0.136 e. The van der Waals surface area contributed by atoms with Crippen LogP contribution < -0.4 is 0 Å². The summed E-state index contributed by atoms with van der Waals surface area (Å²) in [6.45, 7) is 6.99. The van der Waals surface area contributed by atoms with E-state index in [9.17, 15) is 0 Å². The van der Waals surface area contributed by atoms with E-state index in [0.717, 1.165) is 0 Å². The molecule has 0 atom stereocenters. The molecule has 0 radical (unpaired) electrons. The molecule has 1 heterocycles. The summed E-state index contributed by atoms with van der Waals surface area (Å²) in [5.41, 5.74) is 1.90. The number of rotatable bonds is 4. The Balaban J connectivity index is 2.86. The molecule has 0 amide bonds. The molecule has 0 aliphatic heterocycles. The van der Waals surface area contributed by atoms with Gasteiger partial charge in [0.1, 0.15) is 0 Å². The van der Waals surface area contributed by atoms with E-state index in [1.807, 2.05) is 11.3 Å². The quantitative estimate of drug-likeness (QED) is 0.555. The zero-order valence-corrected chi connectivity index (χ0v) is 14.0. The van der Waals surface area contributed by atoms with Crippen molar-refractivity contribution >= 4 is 56.5 Å². The van der Waals surface area contributed by atoms with Crippen molar-refractivity contribution in [3.8, 4) is 0 Å². The predicted octanol–water partition coefficient (Wildman–Crippen LogP) is 5.43. The van der Waals surface area contributed by atoms with Crippen LogP contribution in [0.25, 0.3) is 0 Å². The van der Waals surface area contributed by atoms with E-state index < -0.39 is 0 Å². The van der Waals surface area contributed by atoms with Crippen LogP contribution in [0.2, 0.25) is 0 Å². The van der Waals surface area contributed by atoms with Crippen molar-refractivity contribution in [2.24, 2.45) is 0 Å². The zero-order valence-electron chi connectivity index (χ0n) is 8.86. The smallest absolute Gasteiger partial charge is 0.0789 e. The van der Waals surface area contributed by atoms with Crippen molar-refractivity contribution in [1.29, 1.82) is 0 Å². The molecule has 0 aromatic carbocycles. The Bertz CT molecular complexity index is 302. The average Bonchev–Trinajstić information content (AvgIpc) is 2.45. The highest BCUT2D eigenvalue weighted by atomic mass is 127. The second-order valence-electron chi connectivity index (χ2n) is 4.22. The first kappa shape index (κ1) is 13.2. The van der Waals surface area contributed by atoms with Crippen LogP contribution in [-0.2, 0) is 5.41 Å². The van der Waals surface area contributed by atoms with Gasteiger partial charge < -0.3 is 0 Å². The summed E-state index contributed by atoms with van der Waals surface area (Å²) >= 11 is 6.78. The number of hydrogen-bond donors (Lipinski definition) is 0. The minimum atomic E-state index is 0.354. The number of halogens is 2. The van der Waals surface area contributed by atoms with Gasteiger partial charge in [-0.2, -0.15) is 0 Å². The Labute approximate surface area is 118 Å². The summed E-state index contributed by atoms with van der Waals surface area (Å²) < 4.78 is 2.90. The van der Waals surface area contributed by atoms with Gasteiger partial charge in [-0.3, -0.25) is 0 Å². The monoisotopic (exact) mass is 434 g/mol. The summed E-state index contributed by atoms with van der Waals surface area (Å²) in [5, 5.41) is 2.33. The Hall–Kier alpha value is 1.16. The molecule has 0 unspecified atom stereocenters. The first-order valence-corrected chi connectivity index (χ1v) is 7.95. The van der Waals surface area contributed by atoms with Gasteiger partial charge >= 0.3 is 0 Å². The van der Waals surface area contributed by atoms with Crippen LogP contribution in [0.3, 0.4) is 0 Å². The molecule has 0 nitrogen and oxygen atoms in total. The van der Waals surface area contributed by atoms with Gasteiger partial charge in [0.05, 0.1) is 2.88 Å². The third-order valence-corrected chi connectivity index (χ3v) is 7.16. The summed E-state index contributed by atoms with van der Waals surface area (Å²) in [5.74, 6) is 0. The van der Waals surface area contributed by atoms with Gasteiger partial charge in [0, 0.05) is 3.57 Å². The summed E-state index contributed by atoms with van der Waals surface area (Å²) in [7, 11) is 0. The minimum Gasteiger partial charge on any atom is -0.136 e. The molecule has 0 saturated heterocycles. The summed E-state index contributed by atoms with van der Waals surface area (Å²) in [6.07, 6.45) is 3.92. The lowest BCUT2D eigenvalue weighted by atomic mass is 9.82. The molecular formula is C11H16I2S. The maximum absolute atomic E-state index is 2.48. The molecule has 0 fully saturated rings. The van der Waals surface area contributed by atoms with Crippen LogP contribution in [0.5, 0.6) is 0 Å². The lowest BCUT2D eigenvalue weighted by Gasteiger charge is -2.24. The maximum atomic E-state index is 2.48. The highest BCUT2D eigenvalue weighted by Gasteiger charge is 2.24. The van der Waals surface area contributed by atoms with Crippen molar-refractivity contribution < 1.29 is 0 Å². The van der Waals surface area contributed by atoms with Crippen molar-refractivity contribution in [3.05, 3.63) is 17.4 Å². The van der Waals surface area contributed by atoms with Crippen LogP contribution in [0.1, 0.15) is 45.6 Å². The highest BCUT2D eigenvalue weighted by molar-refractivity contribution is 14.1. The van der Waals surface area contributed by atoms with E-state index in [4.69, 9.17) is 0 Å². The Morgan fingerprint density at radius 2 is 2.00 bits per heavy atom. The Morgan fingerprint density at radius 3 is 2.43 bits per heavy atom. The zero-order chi connectivity index (χ0) is 10.8. The lowest BCUT2D eigenvalue weighted by molar-refractivity contribution is 0.457. The van der Waals surface area contributed by atoms with Gasteiger partial charge in [-0.25, -0.2) is 0 Å². The number of hydrogen-bond acceptors (Lipinski definition) is 1. The van der Waals surface area contributed by atoms with Crippen LogP contribution in [0.4, 0.5) is 0 Å². The fourth-order valence-corrected chi connectivity index (χ4v) is 4.55. The first-order valence-electron chi connectivity index (χ1n) is 4.92. The Kier molecular flexibility index (Phi) is 5.17. The molecule has 0 spiro atoms. The van der Waals surface area contributed by atoms with E-state index in [1.165, 1.54) is 25.7 Å². The molecule has 1 aromatic heterocycles. The minimum absolute atomic E-state index is 0.354. The molecule has 14 heavy (non-hydrogen) atoms. The molecule has 0 aliphatic rings. The number of unbranched alkanes of at least 4 members (excludes halogenated alkanes) is 1. The summed E-state index contributed by atoms with van der Waals surface area (Å²) in [6, 6.07) is 0. The van der Waals surface area contributed by atoms with Gasteiger partial charge in [0.2, 0.25) is 0 Å². The van der Waals surface area contributed by atoms with Crippen LogP contribution in [0.15, 0.2) is 5.38 Å². The number of thiophene rings is 1. The first-order chi connectivity index (χ1) is 6.49. The molecule has 80 valence electrons. The van der Waals surface area contributed by atoms with Gasteiger partial charge in [0.25, 0.3) is 0 Å². The Morgan fingerprint density at radius 1 is 1.36 bits per heavy atom. The molecule has 0 bridgehead atoms. The molecular weight excluding hydrogens is 418 g/mol. The van der Waals surface area contributed by atoms with Crippen LogP contribution in [-0.4, -0.2) is 0 Å². The molecule has 0 aliphatic carbocycles. The van der Waals surface area contributed by atoms with Crippen molar-refractivity contribution in [2.75, 3.05) is 0 Å². The van der Waals surface area contributed by atoms with Crippen molar-refractivity contribution in [2.45, 2.75) is 45.4 Å². The van der Waals surface area contributed by atoms with E-state index in [2.05, 4.69) is 71.3 Å². The van der Waals surface area contributed by atoms with Gasteiger partial charge in [0.15, 0.2) is 0 Å². The third-order valence-electron chi connectivity index (χ3n) is 2.57. The van der Waals surface area contributed by atoms with Crippen molar-refractivity contribution in [3.63, 3.8) is 0 Å². The normalized spacial score (nSPS) is 12.1. The van der Waals surface area contributed by atoms with Crippen molar-refractivity contribution in [1.82, 2.24) is 0 Å². The molecule has 1 rings (SSSR count). The second kappa shape index (κ2) is 5.48. The maximum Gasteiger partial charge on any atom is 0.0789 e. The van der Waals surface area contributed by atoms with E-state index in [-0.39, 0.29) is 0 Å². The van der Waals surface area contributed by atoms with Gasteiger partial charge in [-0.05, 0) is 68.0 Å². The molecule has 0 N–H and O–H groups in total. The van der Waals surface area contributed by atoms with E-state index in [0.29, 0.717) is 5.41 Å². The van der Waals surface area contributed by atoms with Crippen LogP contribution in [0, 0.1) is 6.45 Å². The third kappa shape index (κ3) is 3.07. The molecule has 3 heteroatoms. The SMILES string of the molecule is CCCCC(C)(C)c1csc(I)c1I. The van der Waals surface area contributed by atoms with E-state index >= 15 is 0 Å². The van der Waals surface area contributed by atoms with Gasteiger partial charge in [-0.15, -0.1) is 11.3 Å².